The fourth-order valence-corrected chi connectivity index (χ4v) is 2.58. The van der Waals surface area contributed by atoms with Gasteiger partial charge in [-0.05, 0) is 20.3 Å². The molecule has 6 nitrogen and oxygen atoms in total. The third-order valence-electron chi connectivity index (χ3n) is 3.90. The van der Waals surface area contributed by atoms with Gasteiger partial charge in [0.05, 0.1) is 17.8 Å². The van der Waals surface area contributed by atoms with Gasteiger partial charge in [-0.2, -0.15) is 0 Å². The van der Waals surface area contributed by atoms with Crippen LogP contribution in [0.2, 0.25) is 0 Å². The van der Waals surface area contributed by atoms with Crippen molar-refractivity contribution in [3.8, 4) is 0 Å². The van der Waals surface area contributed by atoms with Crippen molar-refractivity contribution in [1.29, 1.82) is 0 Å². The van der Waals surface area contributed by atoms with Crippen LogP contribution < -0.4 is 5.32 Å². The summed E-state index contributed by atoms with van der Waals surface area (Å²) in [6.45, 7) is 6.02. The van der Waals surface area contributed by atoms with Crippen molar-refractivity contribution >= 4 is 5.91 Å². The van der Waals surface area contributed by atoms with E-state index in [0.29, 0.717) is 18.9 Å². The number of hydrogen-bond donors (Lipinski definition) is 1. The number of likely N-dealkylation sites (tertiary alicyclic amines) is 1. The molecule has 21 heavy (non-hydrogen) atoms. The molecule has 1 saturated heterocycles. The van der Waals surface area contributed by atoms with Crippen LogP contribution in [0.3, 0.4) is 0 Å². The van der Waals surface area contributed by atoms with Gasteiger partial charge in [-0.3, -0.25) is 19.7 Å². The van der Waals surface area contributed by atoms with Crippen molar-refractivity contribution in [2.45, 2.75) is 44.9 Å². The summed E-state index contributed by atoms with van der Waals surface area (Å²) in [6.07, 6.45) is 6.07. The third kappa shape index (κ3) is 4.47. The lowest BCUT2D eigenvalue weighted by Gasteiger charge is -2.20. The topological polar surface area (TPSA) is 67.3 Å². The van der Waals surface area contributed by atoms with Crippen molar-refractivity contribution in [2.75, 3.05) is 20.2 Å². The summed E-state index contributed by atoms with van der Waals surface area (Å²) < 4.78 is 5.49. The van der Waals surface area contributed by atoms with E-state index in [0.717, 1.165) is 18.8 Å². The highest BCUT2D eigenvalue weighted by molar-refractivity contribution is 5.76. The van der Waals surface area contributed by atoms with Gasteiger partial charge in [0.1, 0.15) is 0 Å². The lowest BCUT2D eigenvalue weighted by Crippen LogP contribution is -2.43. The van der Waals surface area contributed by atoms with Crippen LogP contribution in [0.25, 0.3) is 0 Å². The second-order valence-corrected chi connectivity index (χ2v) is 5.69. The number of aromatic nitrogens is 2. The Hall–Kier alpha value is -1.53. The first-order chi connectivity index (χ1) is 10.1. The average Bonchev–Trinajstić information content (AvgIpc) is 2.89. The minimum Gasteiger partial charge on any atom is -0.378 e. The number of carbonyl (C=O) groups excluding carboxylic acids is 1. The molecule has 116 valence electrons. The summed E-state index contributed by atoms with van der Waals surface area (Å²) in [5, 5.41) is 3.08. The lowest BCUT2D eigenvalue weighted by atomic mass is 10.2. The van der Waals surface area contributed by atoms with Gasteiger partial charge in [0.15, 0.2) is 0 Å². The molecule has 2 heterocycles. The molecule has 6 heteroatoms. The molecule has 2 atom stereocenters. The number of nitrogens with zero attached hydrogens (tertiary/aromatic N) is 3. The minimum absolute atomic E-state index is 0.0401. The quantitative estimate of drug-likeness (QED) is 0.833. The zero-order chi connectivity index (χ0) is 15.2. The van der Waals surface area contributed by atoms with E-state index < -0.39 is 0 Å². The SMILES string of the molecule is CO[C@H]1CN(C(C)C)C[C@@H]1NC(=O)CCc1cnccn1. The molecule has 0 aromatic carbocycles. The Morgan fingerprint density at radius 2 is 2.29 bits per heavy atom. The molecule has 2 rings (SSSR count). The predicted molar refractivity (Wildman–Crippen MR) is 79.8 cm³/mol. The highest BCUT2D eigenvalue weighted by Gasteiger charge is 2.34. The summed E-state index contributed by atoms with van der Waals surface area (Å²) in [5.74, 6) is 0.0401. The molecule has 1 amide bonds. The van der Waals surface area contributed by atoms with Crippen LogP contribution in [0.5, 0.6) is 0 Å². The smallest absolute Gasteiger partial charge is 0.220 e. The Bertz CT molecular complexity index is 452. The summed E-state index contributed by atoms with van der Waals surface area (Å²) >= 11 is 0. The number of aryl methyl sites for hydroxylation is 1. The van der Waals surface area contributed by atoms with Crippen molar-refractivity contribution in [3.05, 3.63) is 24.3 Å². The number of amides is 1. The van der Waals surface area contributed by atoms with E-state index >= 15 is 0 Å². The Morgan fingerprint density at radius 1 is 1.48 bits per heavy atom. The van der Waals surface area contributed by atoms with E-state index in [1.165, 1.54) is 0 Å². The highest BCUT2D eigenvalue weighted by atomic mass is 16.5. The molecule has 1 aromatic rings. The van der Waals surface area contributed by atoms with Crippen molar-refractivity contribution < 1.29 is 9.53 Å². The number of rotatable bonds is 6. The molecule has 1 aromatic heterocycles. The molecule has 0 saturated carbocycles. The van der Waals surface area contributed by atoms with Gasteiger partial charge in [0.2, 0.25) is 5.91 Å². The van der Waals surface area contributed by atoms with Gasteiger partial charge < -0.3 is 10.1 Å². The van der Waals surface area contributed by atoms with Gasteiger partial charge in [-0.1, -0.05) is 0 Å². The van der Waals surface area contributed by atoms with Gasteiger partial charge in [0.25, 0.3) is 0 Å². The molecule has 1 aliphatic heterocycles. The van der Waals surface area contributed by atoms with Gasteiger partial charge in [0, 0.05) is 51.3 Å². The van der Waals surface area contributed by atoms with E-state index in [-0.39, 0.29) is 18.1 Å². The normalized spacial score (nSPS) is 22.7. The monoisotopic (exact) mass is 292 g/mol. The third-order valence-corrected chi connectivity index (χ3v) is 3.90. The number of ether oxygens (including phenoxy) is 1. The summed E-state index contributed by atoms with van der Waals surface area (Å²) in [6, 6.07) is 0.524. The zero-order valence-electron chi connectivity index (χ0n) is 13.0. The first-order valence-electron chi connectivity index (χ1n) is 7.41. The average molecular weight is 292 g/mol. The molecule has 0 unspecified atom stereocenters. The van der Waals surface area contributed by atoms with Gasteiger partial charge >= 0.3 is 0 Å². The molecule has 0 spiro atoms. The molecular formula is C15H24N4O2. The number of methoxy groups -OCH3 is 1. The second kappa shape index (κ2) is 7.47. The van der Waals surface area contributed by atoms with E-state index in [2.05, 4.69) is 34.0 Å². The summed E-state index contributed by atoms with van der Waals surface area (Å²) in [4.78, 5) is 22.6. The maximum Gasteiger partial charge on any atom is 0.220 e. The molecule has 1 N–H and O–H groups in total. The molecule has 0 bridgehead atoms. The molecule has 1 fully saturated rings. The fraction of sp³-hybridized carbons (Fsp3) is 0.667. The van der Waals surface area contributed by atoms with Crippen LogP contribution >= 0.6 is 0 Å². The van der Waals surface area contributed by atoms with Crippen LogP contribution in [-0.4, -0.2) is 59.2 Å². The molecular weight excluding hydrogens is 268 g/mol. The second-order valence-electron chi connectivity index (χ2n) is 5.69. The number of nitrogens with one attached hydrogen (secondary N) is 1. The first-order valence-corrected chi connectivity index (χ1v) is 7.41. The van der Waals surface area contributed by atoms with Crippen molar-refractivity contribution in [1.82, 2.24) is 20.2 Å². The zero-order valence-corrected chi connectivity index (χ0v) is 13.0. The van der Waals surface area contributed by atoms with Crippen molar-refractivity contribution in [2.24, 2.45) is 0 Å². The summed E-state index contributed by atoms with van der Waals surface area (Å²) in [7, 11) is 1.70. The standard InChI is InChI=1S/C15H24N4O2/c1-11(2)19-9-13(14(10-19)21-3)18-15(20)5-4-12-8-16-6-7-17-12/h6-8,11,13-14H,4-5,9-10H2,1-3H3,(H,18,20)/t13-,14-/m0/s1. The van der Waals surface area contributed by atoms with E-state index in [4.69, 9.17) is 4.74 Å². The van der Waals surface area contributed by atoms with Gasteiger partial charge in [-0.15, -0.1) is 0 Å². The highest BCUT2D eigenvalue weighted by Crippen LogP contribution is 2.16. The van der Waals surface area contributed by atoms with Crippen molar-refractivity contribution in [3.63, 3.8) is 0 Å². The van der Waals surface area contributed by atoms with E-state index in [1.54, 1.807) is 25.7 Å². The van der Waals surface area contributed by atoms with E-state index in [1.807, 2.05) is 0 Å². The Labute approximate surface area is 125 Å². The number of hydrogen-bond acceptors (Lipinski definition) is 5. The summed E-state index contributed by atoms with van der Waals surface area (Å²) in [5.41, 5.74) is 0.839. The minimum atomic E-state index is 0.0401. The fourth-order valence-electron chi connectivity index (χ4n) is 2.58. The Kier molecular flexibility index (Phi) is 5.64. The van der Waals surface area contributed by atoms with Crippen LogP contribution in [0.1, 0.15) is 26.0 Å². The molecule has 0 aliphatic carbocycles. The largest absolute Gasteiger partial charge is 0.378 e. The van der Waals surface area contributed by atoms with Crippen LogP contribution in [-0.2, 0) is 16.0 Å². The van der Waals surface area contributed by atoms with Gasteiger partial charge in [-0.25, -0.2) is 0 Å². The molecule has 0 radical (unpaired) electrons. The predicted octanol–water partition coefficient (Wildman–Crippen LogP) is 0.633. The lowest BCUT2D eigenvalue weighted by molar-refractivity contribution is -0.122. The number of carbonyl (C=O) groups is 1. The Morgan fingerprint density at radius 3 is 2.90 bits per heavy atom. The van der Waals surface area contributed by atoms with E-state index in [9.17, 15) is 4.79 Å². The molecule has 1 aliphatic rings. The van der Waals surface area contributed by atoms with Crippen LogP contribution in [0, 0.1) is 0 Å². The van der Waals surface area contributed by atoms with Crippen LogP contribution in [0.4, 0.5) is 0 Å². The maximum atomic E-state index is 12.1. The van der Waals surface area contributed by atoms with Crippen LogP contribution in [0.15, 0.2) is 18.6 Å². The first kappa shape index (κ1) is 15.9. The Balaban J connectivity index is 1.81. The maximum absolute atomic E-state index is 12.1.